The summed E-state index contributed by atoms with van der Waals surface area (Å²) in [6.07, 6.45) is 8.36. The van der Waals surface area contributed by atoms with E-state index in [0.29, 0.717) is 6.04 Å². The van der Waals surface area contributed by atoms with Crippen LogP contribution < -0.4 is 0 Å². The molecule has 0 unspecified atom stereocenters. The van der Waals surface area contributed by atoms with Gasteiger partial charge in [0.2, 0.25) is 0 Å². The monoisotopic (exact) mass is 109 g/mol. The molecule has 0 saturated heterocycles. The van der Waals surface area contributed by atoms with Crippen LogP contribution in [-0.2, 0) is 0 Å². The first-order chi connectivity index (χ1) is 3.80. The first-order valence-corrected chi connectivity index (χ1v) is 2.87. The van der Waals surface area contributed by atoms with Gasteiger partial charge < -0.3 is 4.90 Å². The highest BCUT2D eigenvalue weighted by atomic mass is 15.1. The van der Waals surface area contributed by atoms with Crippen LogP contribution in [0.4, 0.5) is 0 Å². The van der Waals surface area contributed by atoms with Crippen molar-refractivity contribution in [1.29, 1.82) is 0 Å². The maximum absolute atomic E-state index is 2.17. The molecule has 0 N–H and O–H groups in total. The molecule has 1 atom stereocenters. The van der Waals surface area contributed by atoms with Crippen molar-refractivity contribution in [3.8, 4) is 0 Å². The maximum Gasteiger partial charge on any atom is 0.0439 e. The van der Waals surface area contributed by atoms with E-state index in [1.165, 1.54) is 0 Å². The fraction of sp³-hybridized carbons (Fsp3) is 0.429. The molecular weight excluding hydrogens is 98.1 g/mol. The summed E-state index contributed by atoms with van der Waals surface area (Å²) in [5.41, 5.74) is 0. The highest BCUT2D eigenvalue weighted by molar-refractivity contribution is 5.11. The Kier molecular flexibility index (Phi) is 1.38. The van der Waals surface area contributed by atoms with Gasteiger partial charge in [0, 0.05) is 13.1 Å². The van der Waals surface area contributed by atoms with E-state index in [1.807, 2.05) is 6.08 Å². The molecule has 0 spiro atoms. The second kappa shape index (κ2) is 2.03. The summed E-state index contributed by atoms with van der Waals surface area (Å²) in [7, 11) is 2.07. The number of likely N-dealkylation sites (N-methyl/N-ethyl adjacent to an activating group) is 1. The molecule has 1 nitrogen and oxygen atoms in total. The van der Waals surface area contributed by atoms with Gasteiger partial charge in [0.25, 0.3) is 0 Å². The molecule has 0 amide bonds. The molecule has 0 radical (unpaired) electrons. The molecule has 0 saturated carbocycles. The molecule has 0 aliphatic carbocycles. The van der Waals surface area contributed by atoms with E-state index in [4.69, 9.17) is 0 Å². The predicted molar refractivity (Wildman–Crippen MR) is 35.5 cm³/mol. The highest BCUT2D eigenvalue weighted by Gasteiger charge is 2.00. The molecule has 1 aliphatic heterocycles. The minimum atomic E-state index is 0.569. The Morgan fingerprint density at radius 1 is 1.38 bits per heavy atom. The molecule has 44 valence electrons. The number of nitrogens with zero attached hydrogens (tertiary/aromatic N) is 1. The first kappa shape index (κ1) is 5.42. The van der Waals surface area contributed by atoms with Crippen LogP contribution in [0.2, 0.25) is 0 Å². The smallest absolute Gasteiger partial charge is 0.0439 e. The standard InChI is InChI=1S/C7H11N/c1-7-5-3-4-6-8(7)2/h3-7H,1-2H3/t7-/m0/s1. The Bertz CT molecular complexity index is 108. The van der Waals surface area contributed by atoms with E-state index in [2.05, 4.69) is 37.2 Å². The normalized spacial score (nSPS) is 26.8. The van der Waals surface area contributed by atoms with E-state index in [-0.39, 0.29) is 0 Å². The van der Waals surface area contributed by atoms with Gasteiger partial charge in [-0.15, -0.1) is 0 Å². The van der Waals surface area contributed by atoms with Crippen LogP contribution in [0.5, 0.6) is 0 Å². The van der Waals surface area contributed by atoms with Gasteiger partial charge >= 0.3 is 0 Å². The minimum Gasteiger partial charge on any atom is -0.374 e. The van der Waals surface area contributed by atoms with Crippen LogP contribution in [0.15, 0.2) is 24.4 Å². The molecule has 1 heterocycles. The molecule has 0 aromatic carbocycles. The number of hydrogen-bond acceptors (Lipinski definition) is 1. The van der Waals surface area contributed by atoms with E-state index in [1.54, 1.807) is 0 Å². The Morgan fingerprint density at radius 2 is 2.12 bits per heavy atom. The zero-order chi connectivity index (χ0) is 5.98. The van der Waals surface area contributed by atoms with Crippen molar-refractivity contribution in [1.82, 2.24) is 4.90 Å². The van der Waals surface area contributed by atoms with Gasteiger partial charge in [-0.1, -0.05) is 12.2 Å². The van der Waals surface area contributed by atoms with Crippen molar-refractivity contribution < 1.29 is 0 Å². The lowest BCUT2D eigenvalue weighted by molar-refractivity contribution is 0.403. The van der Waals surface area contributed by atoms with Crippen LogP contribution >= 0.6 is 0 Å². The summed E-state index contributed by atoms with van der Waals surface area (Å²) in [6, 6.07) is 0.569. The Morgan fingerprint density at radius 3 is 2.50 bits per heavy atom. The summed E-state index contributed by atoms with van der Waals surface area (Å²) in [6.45, 7) is 2.17. The van der Waals surface area contributed by atoms with Crippen molar-refractivity contribution in [2.45, 2.75) is 13.0 Å². The molecule has 1 aliphatic rings. The maximum atomic E-state index is 2.17. The van der Waals surface area contributed by atoms with Gasteiger partial charge in [-0.05, 0) is 19.2 Å². The topological polar surface area (TPSA) is 3.24 Å². The van der Waals surface area contributed by atoms with Crippen LogP contribution in [0, 0.1) is 0 Å². The molecule has 0 aromatic heterocycles. The average molecular weight is 109 g/mol. The lowest BCUT2D eigenvalue weighted by Crippen LogP contribution is -2.22. The third-order valence-corrected chi connectivity index (χ3v) is 1.46. The Hall–Kier alpha value is -0.720. The van der Waals surface area contributed by atoms with Crippen molar-refractivity contribution in [2.75, 3.05) is 7.05 Å². The van der Waals surface area contributed by atoms with Crippen molar-refractivity contribution in [2.24, 2.45) is 0 Å². The van der Waals surface area contributed by atoms with Crippen molar-refractivity contribution in [3.05, 3.63) is 24.4 Å². The second-order valence-corrected chi connectivity index (χ2v) is 2.13. The zero-order valence-electron chi connectivity index (χ0n) is 5.33. The second-order valence-electron chi connectivity index (χ2n) is 2.13. The van der Waals surface area contributed by atoms with E-state index in [0.717, 1.165) is 0 Å². The van der Waals surface area contributed by atoms with Crippen molar-refractivity contribution >= 4 is 0 Å². The van der Waals surface area contributed by atoms with Crippen LogP contribution in [0.1, 0.15) is 6.92 Å². The van der Waals surface area contributed by atoms with Crippen LogP contribution in [0.25, 0.3) is 0 Å². The molecule has 0 aromatic rings. The molecule has 0 fully saturated rings. The van der Waals surface area contributed by atoms with Gasteiger partial charge in [-0.25, -0.2) is 0 Å². The quantitative estimate of drug-likeness (QED) is 0.454. The Balaban J connectivity index is 2.59. The fourth-order valence-corrected chi connectivity index (χ4v) is 0.682. The van der Waals surface area contributed by atoms with Gasteiger partial charge in [0.05, 0.1) is 0 Å². The van der Waals surface area contributed by atoms with Crippen molar-refractivity contribution in [3.63, 3.8) is 0 Å². The predicted octanol–water partition coefficient (Wildman–Crippen LogP) is 1.39. The fourth-order valence-electron chi connectivity index (χ4n) is 0.682. The molecule has 8 heavy (non-hydrogen) atoms. The van der Waals surface area contributed by atoms with Gasteiger partial charge in [-0.3, -0.25) is 0 Å². The van der Waals surface area contributed by atoms with E-state index >= 15 is 0 Å². The Labute approximate surface area is 50.3 Å². The average Bonchev–Trinajstić information content (AvgIpc) is 1.77. The van der Waals surface area contributed by atoms with Gasteiger partial charge in [0.15, 0.2) is 0 Å². The zero-order valence-corrected chi connectivity index (χ0v) is 5.33. The SMILES string of the molecule is C[C@H]1C=CC=CN1C. The van der Waals surface area contributed by atoms with Gasteiger partial charge in [-0.2, -0.15) is 0 Å². The first-order valence-electron chi connectivity index (χ1n) is 2.87. The van der Waals surface area contributed by atoms with Crippen LogP contribution in [0.3, 0.4) is 0 Å². The molecule has 0 bridgehead atoms. The van der Waals surface area contributed by atoms with E-state index in [9.17, 15) is 0 Å². The summed E-state index contributed by atoms with van der Waals surface area (Å²) < 4.78 is 0. The van der Waals surface area contributed by atoms with Gasteiger partial charge in [0.1, 0.15) is 0 Å². The highest BCUT2D eigenvalue weighted by Crippen LogP contribution is 2.02. The molecule has 1 rings (SSSR count). The summed E-state index contributed by atoms with van der Waals surface area (Å²) in [4.78, 5) is 2.17. The summed E-state index contributed by atoms with van der Waals surface area (Å²) in [5.74, 6) is 0. The number of hydrogen-bond donors (Lipinski definition) is 0. The summed E-state index contributed by atoms with van der Waals surface area (Å²) in [5, 5.41) is 0. The minimum absolute atomic E-state index is 0.569. The lowest BCUT2D eigenvalue weighted by Gasteiger charge is -2.21. The third-order valence-electron chi connectivity index (χ3n) is 1.46. The number of allylic oxidation sites excluding steroid dienone is 2. The largest absolute Gasteiger partial charge is 0.374 e. The summed E-state index contributed by atoms with van der Waals surface area (Å²) >= 11 is 0. The number of rotatable bonds is 0. The van der Waals surface area contributed by atoms with E-state index < -0.39 is 0 Å². The van der Waals surface area contributed by atoms with Crippen LogP contribution in [-0.4, -0.2) is 18.0 Å². The lowest BCUT2D eigenvalue weighted by atomic mass is 10.2. The molecular formula is C7H11N. The third kappa shape index (κ3) is 0.915. The molecule has 1 heteroatoms.